The van der Waals surface area contributed by atoms with Gasteiger partial charge in [-0.25, -0.2) is 4.79 Å². The van der Waals surface area contributed by atoms with E-state index in [2.05, 4.69) is 10.6 Å². The molecule has 6 heteroatoms. The normalized spacial score (nSPS) is 18.1. The van der Waals surface area contributed by atoms with Crippen LogP contribution in [-0.4, -0.2) is 41.7 Å². The lowest BCUT2D eigenvalue weighted by Gasteiger charge is -2.21. The Balaban J connectivity index is 2.14. The number of carbonyl (C=O) groups is 2. The van der Waals surface area contributed by atoms with Crippen molar-refractivity contribution in [3.8, 4) is 0 Å². The van der Waals surface area contributed by atoms with Crippen LogP contribution in [0.5, 0.6) is 0 Å². The Morgan fingerprint density at radius 1 is 1.33 bits per heavy atom. The number of rotatable bonds is 6. The minimum atomic E-state index is -0.859. The molecular formula is C12H22N2O3S. The predicted molar refractivity (Wildman–Crippen MR) is 72.9 cm³/mol. The molecule has 1 aliphatic rings. The molecule has 1 fully saturated rings. The Bertz CT molecular complexity index is 280. The maximum absolute atomic E-state index is 11.5. The van der Waals surface area contributed by atoms with Crippen LogP contribution in [0, 0.1) is 11.8 Å². The molecule has 0 radical (unpaired) electrons. The number of thioether (sulfide) groups is 1. The van der Waals surface area contributed by atoms with Crippen molar-refractivity contribution in [1.82, 2.24) is 10.6 Å². The fraction of sp³-hybridized carbons (Fsp3) is 0.833. The summed E-state index contributed by atoms with van der Waals surface area (Å²) in [7, 11) is 0. The number of carbonyl (C=O) groups excluding carboxylic acids is 1. The summed E-state index contributed by atoms with van der Waals surface area (Å²) in [6.45, 7) is 2.69. The Morgan fingerprint density at radius 2 is 2.00 bits per heavy atom. The molecule has 5 nitrogen and oxygen atoms in total. The second kappa shape index (κ2) is 8.24. The van der Waals surface area contributed by atoms with Gasteiger partial charge in [-0.3, -0.25) is 4.79 Å². The third-order valence-electron chi connectivity index (χ3n) is 3.24. The summed E-state index contributed by atoms with van der Waals surface area (Å²) in [5.74, 6) is 1.55. The van der Waals surface area contributed by atoms with Gasteiger partial charge in [-0.1, -0.05) is 6.92 Å². The lowest BCUT2D eigenvalue weighted by atomic mass is 10.0. The van der Waals surface area contributed by atoms with Crippen LogP contribution in [0.3, 0.4) is 0 Å². The molecule has 1 aliphatic heterocycles. The van der Waals surface area contributed by atoms with Gasteiger partial charge in [0.2, 0.25) is 0 Å². The van der Waals surface area contributed by atoms with E-state index in [9.17, 15) is 9.59 Å². The molecule has 2 amide bonds. The van der Waals surface area contributed by atoms with E-state index < -0.39 is 11.9 Å². The molecular weight excluding hydrogens is 252 g/mol. The second-order valence-corrected chi connectivity index (χ2v) is 5.81. The quantitative estimate of drug-likeness (QED) is 0.686. The number of urea groups is 1. The molecule has 104 valence electrons. The van der Waals surface area contributed by atoms with Crippen molar-refractivity contribution in [1.29, 1.82) is 0 Å². The third-order valence-corrected chi connectivity index (χ3v) is 4.29. The molecule has 18 heavy (non-hydrogen) atoms. The number of hydrogen-bond acceptors (Lipinski definition) is 3. The fourth-order valence-corrected chi connectivity index (χ4v) is 3.08. The Morgan fingerprint density at radius 3 is 2.56 bits per heavy atom. The van der Waals surface area contributed by atoms with Gasteiger partial charge in [-0.05, 0) is 36.7 Å². The van der Waals surface area contributed by atoms with E-state index in [4.69, 9.17) is 5.11 Å². The first-order chi connectivity index (χ1) is 8.63. The minimum absolute atomic E-state index is 0.193. The molecule has 0 aliphatic carbocycles. The van der Waals surface area contributed by atoms with Crippen molar-refractivity contribution in [3.63, 3.8) is 0 Å². The van der Waals surface area contributed by atoms with Crippen molar-refractivity contribution in [2.75, 3.05) is 24.6 Å². The van der Waals surface area contributed by atoms with Crippen molar-refractivity contribution in [3.05, 3.63) is 0 Å². The number of aliphatic carboxylic acids is 1. The van der Waals surface area contributed by atoms with Gasteiger partial charge < -0.3 is 15.7 Å². The van der Waals surface area contributed by atoms with Crippen LogP contribution in [0.25, 0.3) is 0 Å². The van der Waals surface area contributed by atoms with E-state index >= 15 is 0 Å². The van der Waals surface area contributed by atoms with Gasteiger partial charge in [-0.2, -0.15) is 11.8 Å². The molecule has 0 spiro atoms. The molecule has 1 heterocycles. The average Bonchev–Trinajstić information content (AvgIpc) is 2.38. The number of nitrogens with one attached hydrogen (secondary N) is 2. The van der Waals surface area contributed by atoms with E-state index in [-0.39, 0.29) is 12.6 Å². The number of carboxylic acids is 1. The Hall–Kier alpha value is -0.910. The van der Waals surface area contributed by atoms with Crippen LogP contribution < -0.4 is 10.6 Å². The van der Waals surface area contributed by atoms with E-state index in [1.165, 1.54) is 11.5 Å². The van der Waals surface area contributed by atoms with Gasteiger partial charge in [0.25, 0.3) is 0 Å². The largest absolute Gasteiger partial charge is 0.481 e. The standard InChI is InChI=1S/C12H22N2O3S/c1-2-10(11(15)16)8-14-12(17)13-7-9-3-5-18-6-4-9/h9-10H,2-8H2,1H3,(H,15,16)(H2,13,14,17). The molecule has 1 rings (SSSR count). The van der Waals surface area contributed by atoms with Crippen LogP contribution in [0.1, 0.15) is 26.2 Å². The molecule has 1 saturated heterocycles. The lowest BCUT2D eigenvalue weighted by Crippen LogP contribution is -2.41. The zero-order chi connectivity index (χ0) is 13.4. The van der Waals surface area contributed by atoms with Gasteiger partial charge in [0.05, 0.1) is 5.92 Å². The van der Waals surface area contributed by atoms with Crippen LogP contribution in [0.4, 0.5) is 4.79 Å². The van der Waals surface area contributed by atoms with E-state index in [1.54, 1.807) is 6.92 Å². The lowest BCUT2D eigenvalue weighted by molar-refractivity contribution is -0.141. The second-order valence-electron chi connectivity index (χ2n) is 4.59. The molecule has 0 saturated carbocycles. The maximum Gasteiger partial charge on any atom is 0.314 e. The van der Waals surface area contributed by atoms with E-state index in [0.29, 0.717) is 18.9 Å². The molecule has 1 atom stereocenters. The molecule has 0 bridgehead atoms. The van der Waals surface area contributed by atoms with Crippen LogP contribution in [0.2, 0.25) is 0 Å². The highest BCUT2D eigenvalue weighted by atomic mass is 32.2. The summed E-state index contributed by atoms with van der Waals surface area (Å²) in [6, 6.07) is -0.257. The topological polar surface area (TPSA) is 78.4 Å². The van der Waals surface area contributed by atoms with Gasteiger partial charge in [-0.15, -0.1) is 0 Å². The smallest absolute Gasteiger partial charge is 0.314 e. The molecule has 0 aromatic rings. The molecule has 3 N–H and O–H groups in total. The SMILES string of the molecule is CCC(CNC(=O)NCC1CCSCC1)C(=O)O. The number of carboxylic acid groups (broad SMARTS) is 1. The van der Waals surface area contributed by atoms with Gasteiger partial charge in [0, 0.05) is 13.1 Å². The third kappa shape index (κ3) is 5.62. The predicted octanol–water partition coefficient (Wildman–Crippen LogP) is 1.54. The highest BCUT2D eigenvalue weighted by Gasteiger charge is 2.17. The molecule has 1 unspecified atom stereocenters. The van der Waals surface area contributed by atoms with Crippen LogP contribution in [-0.2, 0) is 4.79 Å². The van der Waals surface area contributed by atoms with Crippen LogP contribution in [0.15, 0.2) is 0 Å². The number of hydrogen-bond donors (Lipinski definition) is 3. The number of amides is 2. The summed E-state index contributed by atoms with van der Waals surface area (Å²) in [4.78, 5) is 22.3. The minimum Gasteiger partial charge on any atom is -0.481 e. The van der Waals surface area contributed by atoms with Crippen molar-refractivity contribution in [2.24, 2.45) is 11.8 Å². The van der Waals surface area contributed by atoms with Crippen molar-refractivity contribution in [2.45, 2.75) is 26.2 Å². The van der Waals surface area contributed by atoms with Gasteiger partial charge >= 0.3 is 12.0 Å². The van der Waals surface area contributed by atoms with Crippen molar-refractivity contribution >= 4 is 23.8 Å². The molecule has 0 aromatic carbocycles. The van der Waals surface area contributed by atoms with E-state index in [1.807, 2.05) is 11.8 Å². The van der Waals surface area contributed by atoms with Crippen molar-refractivity contribution < 1.29 is 14.7 Å². The average molecular weight is 274 g/mol. The zero-order valence-corrected chi connectivity index (χ0v) is 11.6. The Labute approximate surface area is 112 Å². The highest BCUT2D eigenvalue weighted by Crippen LogP contribution is 2.21. The summed E-state index contributed by atoms with van der Waals surface area (Å²) >= 11 is 1.96. The summed E-state index contributed by atoms with van der Waals surface area (Å²) < 4.78 is 0. The van der Waals surface area contributed by atoms with Gasteiger partial charge in [0.15, 0.2) is 0 Å². The summed E-state index contributed by atoms with van der Waals surface area (Å²) in [6.07, 6.45) is 2.82. The Kier molecular flexibility index (Phi) is 6.93. The summed E-state index contributed by atoms with van der Waals surface area (Å²) in [5, 5.41) is 14.3. The highest BCUT2D eigenvalue weighted by molar-refractivity contribution is 7.99. The monoisotopic (exact) mass is 274 g/mol. The first-order valence-corrected chi connectivity index (χ1v) is 7.61. The maximum atomic E-state index is 11.5. The zero-order valence-electron chi connectivity index (χ0n) is 10.8. The van der Waals surface area contributed by atoms with Gasteiger partial charge in [0.1, 0.15) is 0 Å². The fourth-order valence-electron chi connectivity index (χ4n) is 1.87. The van der Waals surface area contributed by atoms with E-state index in [0.717, 1.165) is 12.8 Å². The van der Waals surface area contributed by atoms with Crippen LogP contribution >= 0.6 is 11.8 Å². The first kappa shape index (κ1) is 15.1. The summed E-state index contributed by atoms with van der Waals surface area (Å²) in [5.41, 5.74) is 0. The molecule has 0 aromatic heterocycles. The first-order valence-electron chi connectivity index (χ1n) is 6.45.